The van der Waals surface area contributed by atoms with Crippen LogP contribution in [0.1, 0.15) is 28.3 Å². The first-order valence-corrected chi connectivity index (χ1v) is 7.85. The molecule has 108 valence electrons. The molecule has 3 rings (SSSR count). The van der Waals surface area contributed by atoms with Gasteiger partial charge in [0.25, 0.3) is 5.91 Å². The first-order chi connectivity index (χ1) is 10.2. The molecular formula is C15H16N4OS. The highest BCUT2D eigenvalue weighted by Gasteiger charge is 2.24. The largest absolute Gasteiger partial charge is 0.357 e. The van der Waals surface area contributed by atoms with E-state index in [0.29, 0.717) is 18.8 Å². The third-order valence-electron chi connectivity index (χ3n) is 3.79. The fraction of sp³-hybridized carbons (Fsp3) is 0.400. The van der Waals surface area contributed by atoms with Gasteiger partial charge in [-0.25, -0.2) is 4.98 Å². The van der Waals surface area contributed by atoms with Crippen LogP contribution < -0.4 is 0 Å². The lowest BCUT2D eigenvalue weighted by Crippen LogP contribution is -2.38. The van der Waals surface area contributed by atoms with Crippen molar-refractivity contribution in [3.8, 4) is 17.3 Å². The van der Waals surface area contributed by atoms with Crippen LogP contribution in [0, 0.1) is 24.2 Å². The van der Waals surface area contributed by atoms with Crippen LogP contribution in [-0.2, 0) is 0 Å². The predicted molar refractivity (Wildman–Crippen MR) is 80.9 cm³/mol. The molecule has 2 aromatic heterocycles. The van der Waals surface area contributed by atoms with E-state index in [1.165, 1.54) is 0 Å². The highest BCUT2D eigenvalue weighted by atomic mass is 32.1. The second-order valence-electron chi connectivity index (χ2n) is 5.25. The first kappa shape index (κ1) is 13.8. The smallest absolute Gasteiger partial charge is 0.270 e. The molecule has 0 atom stereocenters. The number of hydrogen-bond donors (Lipinski definition) is 1. The summed E-state index contributed by atoms with van der Waals surface area (Å²) >= 11 is 1.60. The van der Waals surface area contributed by atoms with Crippen LogP contribution in [-0.4, -0.2) is 33.9 Å². The third kappa shape index (κ3) is 2.83. The fourth-order valence-corrected chi connectivity index (χ4v) is 3.17. The van der Waals surface area contributed by atoms with Gasteiger partial charge in [0.15, 0.2) is 0 Å². The van der Waals surface area contributed by atoms with Crippen LogP contribution in [0.4, 0.5) is 0 Å². The van der Waals surface area contributed by atoms with Crippen molar-refractivity contribution in [1.29, 1.82) is 5.26 Å². The van der Waals surface area contributed by atoms with E-state index in [-0.39, 0.29) is 11.8 Å². The molecule has 1 amide bonds. The monoisotopic (exact) mass is 300 g/mol. The number of aromatic nitrogens is 2. The van der Waals surface area contributed by atoms with Crippen molar-refractivity contribution in [2.24, 2.45) is 5.92 Å². The molecule has 1 aliphatic heterocycles. The van der Waals surface area contributed by atoms with E-state index in [0.717, 1.165) is 29.1 Å². The van der Waals surface area contributed by atoms with E-state index in [2.05, 4.69) is 16.0 Å². The van der Waals surface area contributed by atoms with E-state index in [9.17, 15) is 4.79 Å². The zero-order valence-electron chi connectivity index (χ0n) is 11.8. The van der Waals surface area contributed by atoms with Gasteiger partial charge in [0.2, 0.25) is 0 Å². The molecule has 0 saturated carbocycles. The van der Waals surface area contributed by atoms with Gasteiger partial charge in [-0.15, -0.1) is 11.3 Å². The Morgan fingerprint density at radius 2 is 2.29 bits per heavy atom. The maximum atomic E-state index is 12.4. The zero-order chi connectivity index (χ0) is 14.8. The molecule has 6 heteroatoms. The van der Waals surface area contributed by atoms with Crippen LogP contribution in [0.25, 0.3) is 11.3 Å². The summed E-state index contributed by atoms with van der Waals surface area (Å²) in [4.78, 5) is 21.7. The molecule has 21 heavy (non-hydrogen) atoms. The number of rotatable bonds is 2. The summed E-state index contributed by atoms with van der Waals surface area (Å²) in [7, 11) is 0. The average molecular weight is 300 g/mol. The van der Waals surface area contributed by atoms with Crippen molar-refractivity contribution in [3.05, 3.63) is 28.3 Å². The van der Waals surface area contributed by atoms with E-state index in [4.69, 9.17) is 5.26 Å². The molecule has 0 radical (unpaired) electrons. The first-order valence-electron chi connectivity index (χ1n) is 6.97. The van der Waals surface area contributed by atoms with Gasteiger partial charge in [0, 0.05) is 36.1 Å². The Bertz CT molecular complexity index is 689. The molecule has 0 bridgehead atoms. The minimum Gasteiger partial charge on any atom is -0.357 e. The lowest BCUT2D eigenvalue weighted by molar-refractivity contribution is 0.0702. The number of carbonyl (C=O) groups is 1. The predicted octanol–water partition coefficient (Wildman–Crippen LogP) is 2.82. The van der Waals surface area contributed by atoms with Crippen LogP contribution in [0.2, 0.25) is 0 Å². The van der Waals surface area contributed by atoms with E-state index < -0.39 is 0 Å². The molecule has 0 aromatic carbocycles. The van der Waals surface area contributed by atoms with Crippen molar-refractivity contribution in [2.45, 2.75) is 19.8 Å². The Hall–Kier alpha value is -2.13. The van der Waals surface area contributed by atoms with Crippen LogP contribution in [0.3, 0.4) is 0 Å². The van der Waals surface area contributed by atoms with Gasteiger partial charge in [0.1, 0.15) is 5.69 Å². The molecule has 5 nitrogen and oxygen atoms in total. The number of thiazole rings is 1. The summed E-state index contributed by atoms with van der Waals surface area (Å²) < 4.78 is 0. The molecule has 1 aliphatic rings. The Kier molecular flexibility index (Phi) is 3.76. The number of piperidine rings is 1. The van der Waals surface area contributed by atoms with Crippen molar-refractivity contribution in [1.82, 2.24) is 14.9 Å². The number of nitrogens with zero attached hydrogens (tertiary/aromatic N) is 3. The normalized spacial score (nSPS) is 15.9. The maximum absolute atomic E-state index is 12.4. The number of likely N-dealkylation sites (tertiary alicyclic amines) is 1. The van der Waals surface area contributed by atoms with Gasteiger partial charge >= 0.3 is 0 Å². The van der Waals surface area contributed by atoms with Gasteiger partial charge in [-0.1, -0.05) is 0 Å². The summed E-state index contributed by atoms with van der Waals surface area (Å²) in [5, 5.41) is 11.9. The average Bonchev–Trinajstić information content (AvgIpc) is 3.15. The number of amides is 1. The lowest BCUT2D eigenvalue weighted by atomic mass is 9.98. The zero-order valence-corrected chi connectivity index (χ0v) is 12.6. The molecular weight excluding hydrogens is 284 g/mol. The summed E-state index contributed by atoms with van der Waals surface area (Å²) in [5.74, 6) is 0.0934. The SMILES string of the molecule is Cc1nc(-c2c[nH]c(C(=O)N3CCC(C#N)CC3)c2)cs1. The molecule has 3 heterocycles. The van der Waals surface area contributed by atoms with Crippen molar-refractivity contribution < 1.29 is 4.79 Å². The Morgan fingerprint density at radius 1 is 1.52 bits per heavy atom. The Morgan fingerprint density at radius 3 is 2.90 bits per heavy atom. The number of aromatic amines is 1. The molecule has 2 aromatic rings. The van der Waals surface area contributed by atoms with E-state index in [1.807, 2.05) is 29.5 Å². The minimum absolute atomic E-state index is 0.00425. The lowest BCUT2D eigenvalue weighted by Gasteiger charge is -2.28. The van der Waals surface area contributed by atoms with Crippen LogP contribution in [0.15, 0.2) is 17.6 Å². The van der Waals surface area contributed by atoms with Crippen molar-refractivity contribution in [3.63, 3.8) is 0 Å². The number of nitrogens with one attached hydrogen (secondary N) is 1. The highest BCUT2D eigenvalue weighted by molar-refractivity contribution is 7.09. The Balaban J connectivity index is 1.72. The Labute approximate surface area is 127 Å². The molecule has 0 aliphatic carbocycles. The summed E-state index contributed by atoms with van der Waals surface area (Å²) in [5.41, 5.74) is 2.43. The van der Waals surface area contributed by atoms with Gasteiger partial charge in [-0.2, -0.15) is 5.26 Å². The van der Waals surface area contributed by atoms with Crippen LogP contribution in [0.5, 0.6) is 0 Å². The molecule has 0 unspecified atom stereocenters. The summed E-state index contributed by atoms with van der Waals surface area (Å²) in [6.07, 6.45) is 3.35. The number of carbonyl (C=O) groups excluding carboxylic acids is 1. The maximum Gasteiger partial charge on any atom is 0.270 e. The van der Waals surface area contributed by atoms with E-state index in [1.54, 1.807) is 11.3 Å². The highest BCUT2D eigenvalue weighted by Crippen LogP contribution is 2.24. The van der Waals surface area contributed by atoms with Gasteiger partial charge in [0.05, 0.1) is 16.8 Å². The van der Waals surface area contributed by atoms with Crippen LogP contribution >= 0.6 is 11.3 Å². The second-order valence-corrected chi connectivity index (χ2v) is 6.31. The van der Waals surface area contributed by atoms with E-state index >= 15 is 0 Å². The number of aryl methyl sites for hydroxylation is 1. The topological polar surface area (TPSA) is 72.8 Å². The molecule has 1 fully saturated rings. The van der Waals surface area contributed by atoms with Gasteiger partial charge in [-0.05, 0) is 25.8 Å². The second kappa shape index (κ2) is 5.70. The fourth-order valence-electron chi connectivity index (χ4n) is 2.54. The summed E-state index contributed by atoms with van der Waals surface area (Å²) in [6.45, 7) is 3.27. The standard InChI is InChI=1S/C15H16N4OS/c1-10-18-14(9-21-10)12-6-13(17-8-12)15(20)19-4-2-11(7-16)3-5-19/h6,8-9,11,17H,2-5H2,1H3. The van der Waals surface area contributed by atoms with Crippen molar-refractivity contribution >= 4 is 17.2 Å². The molecule has 1 N–H and O–H groups in total. The summed E-state index contributed by atoms with van der Waals surface area (Å²) in [6, 6.07) is 4.13. The molecule has 0 spiro atoms. The molecule has 1 saturated heterocycles. The minimum atomic E-state index is 0.00425. The van der Waals surface area contributed by atoms with Gasteiger partial charge < -0.3 is 9.88 Å². The number of hydrogen-bond acceptors (Lipinski definition) is 4. The van der Waals surface area contributed by atoms with Crippen molar-refractivity contribution in [2.75, 3.05) is 13.1 Å². The third-order valence-corrected chi connectivity index (χ3v) is 4.57. The quantitative estimate of drug-likeness (QED) is 0.927. The number of H-pyrrole nitrogens is 1. The van der Waals surface area contributed by atoms with Gasteiger partial charge in [-0.3, -0.25) is 4.79 Å². The number of nitriles is 1.